The van der Waals surface area contributed by atoms with Crippen molar-refractivity contribution in [3.8, 4) is 6.07 Å². The van der Waals surface area contributed by atoms with Crippen molar-refractivity contribution in [3.63, 3.8) is 0 Å². The van der Waals surface area contributed by atoms with E-state index in [1.807, 2.05) is 0 Å². The molecule has 134 valence electrons. The number of aromatic nitrogens is 1. The van der Waals surface area contributed by atoms with Crippen LogP contribution in [0.3, 0.4) is 0 Å². The molecular weight excluding hydrogens is 316 g/mol. The van der Waals surface area contributed by atoms with E-state index in [1.54, 1.807) is 29.3 Å². The summed E-state index contributed by atoms with van der Waals surface area (Å²) in [5.74, 6) is -0.437. The number of hydrogen-bond acceptors (Lipinski definition) is 4. The van der Waals surface area contributed by atoms with Crippen molar-refractivity contribution in [2.45, 2.75) is 39.0 Å². The summed E-state index contributed by atoms with van der Waals surface area (Å²) in [5, 5.41) is 12.3. The molecule has 1 fully saturated rings. The van der Waals surface area contributed by atoms with Crippen molar-refractivity contribution in [2.75, 3.05) is 19.6 Å². The molecule has 2 atom stereocenters. The minimum absolute atomic E-state index is 0.0626. The smallest absolute Gasteiger partial charge is 0.317 e. The second-order valence-electron chi connectivity index (χ2n) is 7.02. The Kier molecular flexibility index (Phi) is 6.93. The van der Waals surface area contributed by atoms with Crippen LogP contribution in [0.2, 0.25) is 0 Å². The molecular formula is C19H26N4O2. The summed E-state index contributed by atoms with van der Waals surface area (Å²) < 4.78 is 0. The standard InChI is InChI=1S/C19H26N4O2/c1-14(2)12-22-19(25)23-9-5-6-15(13-23)10-18(24)16(11-20)17-7-3-4-8-21-17/h3-4,7-8,14-16H,5-6,9-10,12-13H2,1-2H3,(H,22,25)/t15-,16+/m0/s1. The quantitative estimate of drug-likeness (QED) is 0.861. The van der Waals surface area contributed by atoms with Gasteiger partial charge in [-0.2, -0.15) is 5.26 Å². The molecule has 0 saturated carbocycles. The maximum Gasteiger partial charge on any atom is 0.317 e. The molecule has 0 bridgehead atoms. The number of nitrogens with zero attached hydrogens (tertiary/aromatic N) is 3. The molecule has 0 spiro atoms. The lowest BCUT2D eigenvalue weighted by Crippen LogP contribution is -2.46. The Bertz CT molecular complexity index is 624. The molecule has 6 heteroatoms. The molecule has 1 aromatic rings. The number of amides is 2. The first-order chi connectivity index (χ1) is 12.0. The third-order valence-corrected chi connectivity index (χ3v) is 4.39. The molecule has 1 aliphatic rings. The van der Waals surface area contributed by atoms with Crippen LogP contribution in [0, 0.1) is 23.2 Å². The summed E-state index contributed by atoms with van der Waals surface area (Å²) in [6.07, 6.45) is 3.69. The average Bonchev–Trinajstić information content (AvgIpc) is 2.61. The number of carbonyl (C=O) groups is 2. The fourth-order valence-electron chi connectivity index (χ4n) is 3.07. The van der Waals surface area contributed by atoms with Gasteiger partial charge in [0.25, 0.3) is 0 Å². The maximum absolute atomic E-state index is 12.6. The third kappa shape index (κ3) is 5.56. The van der Waals surface area contributed by atoms with Gasteiger partial charge in [-0.15, -0.1) is 0 Å². The summed E-state index contributed by atoms with van der Waals surface area (Å²) in [6.45, 7) is 6.04. The van der Waals surface area contributed by atoms with Gasteiger partial charge in [0.05, 0.1) is 11.8 Å². The number of piperidine rings is 1. The Hall–Kier alpha value is -2.42. The normalized spacial score (nSPS) is 18.5. The topological polar surface area (TPSA) is 86.1 Å². The van der Waals surface area contributed by atoms with Gasteiger partial charge in [-0.1, -0.05) is 19.9 Å². The number of carbonyl (C=O) groups excluding carboxylic acids is 2. The molecule has 2 rings (SSSR count). The van der Waals surface area contributed by atoms with Gasteiger partial charge in [-0.25, -0.2) is 4.79 Å². The van der Waals surface area contributed by atoms with Gasteiger partial charge in [0.2, 0.25) is 0 Å². The zero-order valence-electron chi connectivity index (χ0n) is 14.9. The fourth-order valence-corrected chi connectivity index (χ4v) is 3.07. The Morgan fingerprint density at radius 1 is 1.44 bits per heavy atom. The number of pyridine rings is 1. The van der Waals surface area contributed by atoms with Crippen LogP contribution in [0.25, 0.3) is 0 Å². The zero-order valence-corrected chi connectivity index (χ0v) is 14.9. The van der Waals surface area contributed by atoms with Crippen molar-refractivity contribution in [1.29, 1.82) is 5.26 Å². The van der Waals surface area contributed by atoms with Gasteiger partial charge >= 0.3 is 6.03 Å². The molecule has 0 radical (unpaired) electrons. The number of likely N-dealkylation sites (tertiary alicyclic amines) is 1. The highest BCUT2D eigenvalue weighted by Crippen LogP contribution is 2.24. The van der Waals surface area contributed by atoms with Crippen molar-refractivity contribution >= 4 is 11.8 Å². The van der Waals surface area contributed by atoms with E-state index >= 15 is 0 Å². The minimum Gasteiger partial charge on any atom is -0.338 e. The highest BCUT2D eigenvalue weighted by Gasteiger charge is 2.29. The Morgan fingerprint density at radius 3 is 2.88 bits per heavy atom. The van der Waals surface area contributed by atoms with E-state index < -0.39 is 5.92 Å². The summed E-state index contributed by atoms with van der Waals surface area (Å²) in [4.78, 5) is 30.7. The Labute approximate surface area is 149 Å². The third-order valence-electron chi connectivity index (χ3n) is 4.39. The van der Waals surface area contributed by atoms with Gasteiger partial charge in [-0.3, -0.25) is 9.78 Å². The first-order valence-electron chi connectivity index (χ1n) is 8.87. The molecule has 0 aliphatic carbocycles. The lowest BCUT2D eigenvalue weighted by atomic mass is 9.88. The molecule has 1 saturated heterocycles. The lowest BCUT2D eigenvalue weighted by molar-refractivity contribution is -0.120. The number of rotatable bonds is 6. The molecule has 1 N–H and O–H groups in total. The van der Waals surface area contributed by atoms with E-state index in [1.165, 1.54) is 0 Å². The Balaban J connectivity index is 1.92. The van der Waals surface area contributed by atoms with E-state index in [-0.39, 0.29) is 17.7 Å². The highest BCUT2D eigenvalue weighted by molar-refractivity contribution is 5.88. The van der Waals surface area contributed by atoms with E-state index in [0.29, 0.717) is 31.1 Å². The molecule has 2 amide bonds. The number of ketones is 1. The predicted molar refractivity (Wildman–Crippen MR) is 94.7 cm³/mol. The Morgan fingerprint density at radius 2 is 2.24 bits per heavy atom. The first-order valence-corrected chi connectivity index (χ1v) is 8.87. The van der Waals surface area contributed by atoms with Gasteiger partial charge in [-0.05, 0) is 36.8 Å². The number of hydrogen-bond donors (Lipinski definition) is 1. The zero-order chi connectivity index (χ0) is 18.2. The van der Waals surface area contributed by atoms with Crippen LogP contribution >= 0.6 is 0 Å². The van der Waals surface area contributed by atoms with Crippen LogP contribution in [0.4, 0.5) is 4.79 Å². The maximum atomic E-state index is 12.6. The average molecular weight is 342 g/mol. The molecule has 25 heavy (non-hydrogen) atoms. The second-order valence-corrected chi connectivity index (χ2v) is 7.02. The fraction of sp³-hybridized carbons (Fsp3) is 0.579. The summed E-state index contributed by atoms with van der Waals surface area (Å²) in [7, 11) is 0. The van der Waals surface area contributed by atoms with Crippen LogP contribution in [0.15, 0.2) is 24.4 Å². The lowest BCUT2D eigenvalue weighted by Gasteiger charge is -2.33. The van der Waals surface area contributed by atoms with E-state index in [2.05, 4.69) is 30.2 Å². The largest absolute Gasteiger partial charge is 0.338 e. The summed E-state index contributed by atoms with van der Waals surface area (Å²) in [6, 6.07) is 7.25. The van der Waals surface area contributed by atoms with Crippen LogP contribution in [-0.4, -0.2) is 41.3 Å². The summed E-state index contributed by atoms with van der Waals surface area (Å²) in [5.41, 5.74) is 0.498. The molecule has 6 nitrogen and oxygen atoms in total. The van der Waals surface area contributed by atoms with Gasteiger partial charge in [0.1, 0.15) is 5.92 Å². The first kappa shape index (κ1) is 18.9. The van der Waals surface area contributed by atoms with E-state index in [4.69, 9.17) is 0 Å². The van der Waals surface area contributed by atoms with Crippen molar-refractivity contribution in [2.24, 2.45) is 11.8 Å². The van der Waals surface area contributed by atoms with Crippen molar-refractivity contribution in [3.05, 3.63) is 30.1 Å². The SMILES string of the molecule is CC(C)CNC(=O)N1CCC[C@@H](CC(=O)[C@H](C#N)c2ccccn2)C1. The van der Waals surface area contributed by atoms with Gasteiger partial charge < -0.3 is 10.2 Å². The van der Waals surface area contributed by atoms with Crippen LogP contribution in [0.5, 0.6) is 0 Å². The summed E-state index contributed by atoms with van der Waals surface area (Å²) >= 11 is 0. The number of Topliss-reactive ketones (excluding diaryl/α,β-unsaturated/α-hetero) is 1. The predicted octanol–water partition coefficient (Wildman–Crippen LogP) is 2.73. The van der Waals surface area contributed by atoms with Crippen LogP contribution < -0.4 is 5.32 Å². The van der Waals surface area contributed by atoms with Crippen molar-refractivity contribution < 1.29 is 9.59 Å². The van der Waals surface area contributed by atoms with Crippen LogP contribution in [0.1, 0.15) is 44.7 Å². The van der Waals surface area contributed by atoms with E-state index in [9.17, 15) is 14.9 Å². The molecule has 1 aliphatic heterocycles. The molecule has 1 aromatic heterocycles. The number of nitrogens with one attached hydrogen (secondary N) is 1. The van der Waals surface area contributed by atoms with Crippen LogP contribution in [-0.2, 0) is 4.79 Å². The highest BCUT2D eigenvalue weighted by atomic mass is 16.2. The van der Waals surface area contributed by atoms with Gasteiger partial charge in [0, 0.05) is 32.3 Å². The van der Waals surface area contributed by atoms with Crippen molar-refractivity contribution in [1.82, 2.24) is 15.2 Å². The second kappa shape index (κ2) is 9.16. The minimum atomic E-state index is -0.827. The molecule has 0 unspecified atom stereocenters. The van der Waals surface area contributed by atoms with E-state index in [0.717, 1.165) is 19.4 Å². The van der Waals surface area contributed by atoms with Gasteiger partial charge in [0.15, 0.2) is 5.78 Å². The molecule has 0 aromatic carbocycles. The number of nitriles is 1. The molecule has 2 heterocycles. The number of urea groups is 1. The monoisotopic (exact) mass is 342 g/mol.